The van der Waals surface area contributed by atoms with Crippen LogP contribution in [0.2, 0.25) is 0 Å². The number of H-pyrrole nitrogens is 1. The number of hydrogen-bond donors (Lipinski definition) is 2. The molecule has 3 aromatic rings. The molecule has 0 aliphatic rings. The molecule has 0 spiro atoms. The predicted molar refractivity (Wildman–Crippen MR) is 89.4 cm³/mol. The van der Waals surface area contributed by atoms with Gasteiger partial charge in [0.25, 0.3) is 5.56 Å². The first-order valence-corrected chi connectivity index (χ1v) is 8.15. The van der Waals surface area contributed by atoms with Gasteiger partial charge in [-0.3, -0.25) is 14.6 Å². The molecule has 0 aliphatic heterocycles. The van der Waals surface area contributed by atoms with Gasteiger partial charge in [0.1, 0.15) is 5.76 Å². The Morgan fingerprint density at radius 2 is 2.00 bits per heavy atom. The number of carbonyl (C=O) groups excluding carboxylic acids is 1. The van der Waals surface area contributed by atoms with E-state index >= 15 is 0 Å². The summed E-state index contributed by atoms with van der Waals surface area (Å²) in [5.74, 6) is 0.607. The lowest BCUT2D eigenvalue weighted by molar-refractivity contribution is -0.118. The molecule has 2 aromatic heterocycles. The Labute approximate surface area is 141 Å². The fraction of sp³-hybridized carbons (Fsp3) is 0.125. The minimum absolute atomic E-state index is 0.121. The van der Waals surface area contributed by atoms with E-state index in [-0.39, 0.29) is 22.9 Å². The molecule has 1 amide bonds. The van der Waals surface area contributed by atoms with Gasteiger partial charge < -0.3 is 9.73 Å². The van der Waals surface area contributed by atoms with Gasteiger partial charge in [0.15, 0.2) is 10.9 Å². The van der Waals surface area contributed by atoms with Gasteiger partial charge in [-0.15, -0.1) is 10.2 Å². The van der Waals surface area contributed by atoms with Crippen molar-refractivity contribution in [1.82, 2.24) is 20.5 Å². The van der Waals surface area contributed by atoms with Crippen molar-refractivity contribution in [2.75, 3.05) is 5.75 Å². The molecule has 7 nitrogen and oxygen atoms in total. The van der Waals surface area contributed by atoms with E-state index in [1.165, 1.54) is 0 Å². The van der Waals surface area contributed by atoms with Gasteiger partial charge in [-0.05, 0) is 12.1 Å². The second-order valence-corrected chi connectivity index (χ2v) is 5.78. The summed E-state index contributed by atoms with van der Waals surface area (Å²) in [4.78, 5) is 26.5. The van der Waals surface area contributed by atoms with Gasteiger partial charge >= 0.3 is 0 Å². The van der Waals surface area contributed by atoms with Crippen LogP contribution in [-0.2, 0) is 11.3 Å². The number of nitrogens with zero attached hydrogens (tertiary/aromatic N) is 2. The van der Waals surface area contributed by atoms with Gasteiger partial charge in [-0.1, -0.05) is 42.1 Å². The number of hydrogen-bond acceptors (Lipinski definition) is 6. The van der Waals surface area contributed by atoms with E-state index in [4.69, 9.17) is 4.42 Å². The predicted octanol–water partition coefficient (Wildman–Crippen LogP) is 1.83. The third kappa shape index (κ3) is 4.11. The molecule has 0 unspecified atom stereocenters. The number of rotatable bonds is 6. The van der Waals surface area contributed by atoms with Crippen LogP contribution in [0, 0.1) is 0 Å². The van der Waals surface area contributed by atoms with Crippen LogP contribution in [0.5, 0.6) is 0 Å². The second kappa shape index (κ2) is 7.60. The topological polar surface area (TPSA) is 101 Å². The van der Waals surface area contributed by atoms with Crippen LogP contribution in [0.25, 0.3) is 11.3 Å². The van der Waals surface area contributed by atoms with Crippen LogP contribution in [0.15, 0.2) is 63.1 Å². The maximum atomic E-state index is 12.1. The highest BCUT2D eigenvalue weighted by Crippen LogP contribution is 2.13. The fourth-order valence-electron chi connectivity index (χ4n) is 1.96. The minimum atomic E-state index is -0.338. The Kier molecular flexibility index (Phi) is 5.07. The molecule has 2 heterocycles. The van der Waals surface area contributed by atoms with Crippen LogP contribution in [-0.4, -0.2) is 26.8 Å². The average molecular weight is 342 g/mol. The van der Waals surface area contributed by atoms with E-state index in [1.54, 1.807) is 30.5 Å². The van der Waals surface area contributed by atoms with Crippen LogP contribution in [0.3, 0.4) is 0 Å². The van der Waals surface area contributed by atoms with E-state index in [1.807, 2.05) is 18.2 Å². The van der Waals surface area contributed by atoms with Crippen molar-refractivity contribution in [3.05, 3.63) is 64.8 Å². The average Bonchev–Trinajstić information content (AvgIpc) is 3.12. The lowest BCUT2D eigenvalue weighted by Gasteiger charge is -2.03. The summed E-state index contributed by atoms with van der Waals surface area (Å²) in [6.45, 7) is 0.321. The molecule has 24 heavy (non-hydrogen) atoms. The molecule has 0 saturated carbocycles. The molecule has 0 atom stereocenters. The number of nitrogens with one attached hydrogen (secondary N) is 2. The van der Waals surface area contributed by atoms with Gasteiger partial charge in [-0.25, -0.2) is 0 Å². The fourth-order valence-corrected chi connectivity index (χ4v) is 2.59. The minimum Gasteiger partial charge on any atom is -0.467 e. The Balaban J connectivity index is 1.57. The van der Waals surface area contributed by atoms with Crippen LogP contribution >= 0.6 is 11.8 Å². The Morgan fingerprint density at radius 3 is 2.71 bits per heavy atom. The quantitative estimate of drug-likeness (QED) is 0.663. The molecular formula is C16H14N4O3S. The number of amides is 1. The normalized spacial score (nSPS) is 10.5. The third-order valence-corrected chi connectivity index (χ3v) is 3.97. The SMILES string of the molecule is O=C(CSc1nnc(-c2ccccc2)c(=O)[nH]1)NCc1ccco1. The molecule has 1 aromatic carbocycles. The second-order valence-electron chi connectivity index (χ2n) is 4.82. The van der Waals surface area contributed by atoms with Gasteiger partial charge in [0.05, 0.1) is 18.6 Å². The van der Waals surface area contributed by atoms with Gasteiger partial charge in [0.2, 0.25) is 5.91 Å². The first-order valence-electron chi connectivity index (χ1n) is 7.16. The number of furan rings is 1. The maximum absolute atomic E-state index is 12.1. The standard InChI is InChI=1S/C16H14N4O3S/c21-13(17-9-12-7-4-8-23-12)10-24-16-18-15(22)14(19-20-16)11-5-2-1-3-6-11/h1-8H,9-10H2,(H,17,21)(H,18,20,22). The summed E-state index contributed by atoms with van der Waals surface area (Å²) in [7, 11) is 0. The van der Waals surface area contributed by atoms with E-state index < -0.39 is 0 Å². The third-order valence-electron chi connectivity index (χ3n) is 3.10. The van der Waals surface area contributed by atoms with Crippen molar-refractivity contribution < 1.29 is 9.21 Å². The number of thioether (sulfide) groups is 1. The van der Waals surface area contributed by atoms with Crippen LogP contribution in [0.1, 0.15) is 5.76 Å². The molecule has 0 bridgehead atoms. The zero-order valence-electron chi connectivity index (χ0n) is 12.6. The monoisotopic (exact) mass is 342 g/mol. The molecule has 122 valence electrons. The van der Waals surface area contributed by atoms with E-state index in [2.05, 4.69) is 20.5 Å². The molecule has 0 saturated heterocycles. The molecule has 0 fully saturated rings. The summed E-state index contributed by atoms with van der Waals surface area (Å²) >= 11 is 1.11. The van der Waals surface area contributed by atoms with Crippen molar-refractivity contribution in [1.29, 1.82) is 0 Å². The first-order chi connectivity index (χ1) is 11.7. The Hall–Kier alpha value is -2.87. The van der Waals surface area contributed by atoms with E-state index in [9.17, 15) is 9.59 Å². The smallest absolute Gasteiger partial charge is 0.278 e. The summed E-state index contributed by atoms with van der Waals surface area (Å²) in [5, 5.41) is 10.9. The van der Waals surface area contributed by atoms with Gasteiger partial charge in [0, 0.05) is 5.56 Å². The van der Waals surface area contributed by atoms with Crippen molar-refractivity contribution >= 4 is 17.7 Å². The number of aromatic nitrogens is 3. The molecular weight excluding hydrogens is 328 g/mol. The van der Waals surface area contributed by atoms with Crippen molar-refractivity contribution in [3.63, 3.8) is 0 Å². The maximum Gasteiger partial charge on any atom is 0.278 e. The highest BCUT2D eigenvalue weighted by Gasteiger charge is 2.09. The molecule has 3 rings (SSSR count). The first kappa shape index (κ1) is 16.0. The number of aromatic amines is 1. The lowest BCUT2D eigenvalue weighted by Crippen LogP contribution is -2.24. The Morgan fingerprint density at radius 1 is 1.17 bits per heavy atom. The molecule has 8 heteroatoms. The molecule has 0 aliphatic carbocycles. The summed E-state index contributed by atoms with van der Waals surface area (Å²) in [6, 6.07) is 12.6. The summed E-state index contributed by atoms with van der Waals surface area (Å²) in [5.41, 5.74) is 0.607. The van der Waals surface area contributed by atoms with Crippen LogP contribution in [0.4, 0.5) is 0 Å². The number of carbonyl (C=O) groups is 1. The highest BCUT2D eigenvalue weighted by atomic mass is 32.2. The lowest BCUT2D eigenvalue weighted by atomic mass is 10.2. The van der Waals surface area contributed by atoms with Gasteiger partial charge in [-0.2, -0.15) is 0 Å². The van der Waals surface area contributed by atoms with Crippen LogP contribution < -0.4 is 10.9 Å². The number of benzene rings is 1. The highest BCUT2D eigenvalue weighted by molar-refractivity contribution is 7.99. The zero-order valence-corrected chi connectivity index (χ0v) is 13.4. The van der Waals surface area contributed by atoms with Crippen molar-refractivity contribution in [3.8, 4) is 11.3 Å². The zero-order chi connectivity index (χ0) is 16.8. The largest absolute Gasteiger partial charge is 0.467 e. The van der Waals surface area contributed by atoms with Crippen molar-refractivity contribution in [2.24, 2.45) is 0 Å². The van der Waals surface area contributed by atoms with E-state index in [0.717, 1.165) is 11.8 Å². The molecule has 0 radical (unpaired) electrons. The summed E-state index contributed by atoms with van der Waals surface area (Å²) in [6.07, 6.45) is 1.55. The molecule has 2 N–H and O–H groups in total. The summed E-state index contributed by atoms with van der Waals surface area (Å²) < 4.78 is 5.13. The Bertz CT molecular complexity index is 863. The van der Waals surface area contributed by atoms with Crippen molar-refractivity contribution in [2.45, 2.75) is 11.7 Å². The van der Waals surface area contributed by atoms with E-state index in [0.29, 0.717) is 23.0 Å².